The number of nitrogens with zero attached hydrogens (tertiary/aromatic N) is 1. The molecule has 0 bridgehead atoms. The van der Waals surface area contributed by atoms with E-state index in [1.807, 2.05) is 12.1 Å². The zero-order valence-electron chi connectivity index (χ0n) is 12.3. The van der Waals surface area contributed by atoms with Crippen LogP contribution in [0.2, 0.25) is 5.02 Å². The van der Waals surface area contributed by atoms with Crippen LogP contribution in [0.25, 0.3) is 0 Å². The number of nitro benzene ring substituents is 1. The highest BCUT2D eigenvalue weighted by atomic mass is 35.5. The molecule has 0 heterocycles. The van der Waals surface area contributed by atoms with Crippen LogP contribution >= 0.6 is 11.6 Å². The van der Waals surface area contributed by atoms with Crippen molar-refractivity contribution in [1.82, 2.24) is 0 Å². The minimum atomic E-state index is -0.686. The van der Waals surface area contributed by atoms with Crippen molar-refractivity contribution in [3.05, 3.63) is 68.7 Å². The zero-order chi connectivity index (χ0) is 16.8. The Morgan fingerprint density at radius 2 is 1.91 bits per heavy atom. The molecule has 0 aliphatic heterocycles. The number of nitro groups is 1. The van der Waals surface area contributed by atoms with E-state index in [1.165, 1.54) is 12.1 Å². The van der Waals surface area contributed by atoms with Crippen molar-refractivity contribution in [2.45, 2.75) is 6.42 Å². The zero-order valence-corrected chi connectivity index (χ0v) is 13.1. The summed E-state index contributed by atoms with van der Waals surface area (Å²) in [5, 5.41) is 10.8. The van der Waals surface area contributed by atoms with Crippen molar-refractivity contribution >= 4 is 23.3 Å². The molecule has 0 saturated carbocycles. The van der Waals surface area contributed by atoms with E-state index < -0.39 is 10.9 Å². The molecule has 0 aromatic heterocycles. The first-order valence-electron chi connectivity index (χ1n) is 6.75. The first-order valence-corrected chi connectivity index (χ1v) is 7.13. The Hall–Kier alpha value is -2.44. The van der Waals surface area contributed by atoms with Gasteiger partial charge in [-0.3, -0.25) is 10.1 Å². The summed E-state index contributed by atoms with van der Waals surface area (Å²) in [6, 6.07) is 10.7. The Balaban J connectivity index is 2.10. The Bertz CT molecular complexity index is 715. The SMILES string of the molecule is COCCc1ccc(OC(=O)c2ccc(Cl)c([N+](=O)[O-])c2)cc1. The third-order valence-electron chi connectivity index (χ3n) is 3.11. The lowest BCUT2D eigenvalue weighted by molar-refractivity contribution is -0.384. The molecule has 0 amide bonds. The van der Waals surface area contributed by atoms with Gasteiger partial charge in [-0.25, -0.2) is 4.79 Å². The molecule has 2 rings (SSSR count). The minimum Gasteiger partial charge on any atom is -0.423 e. The summed E-state index contributed by atoms with van der Waals surface area (Å²) in [6.07, 6.45) is 0.758. The molecule has 2 aromatic rings. The first kappa shape index (κ1) is 16.9. The van der Waals surface area contributed by atoms with Gasteiger partial charge in [0, 0.05) is 13.2 Å². The van der Waals surface area contributed by atoms with Gasteiger partial charge >= 0.3 is 5.97 Å². The molecule has 7 heteroatoms. The van der Waals surface area contributed by atoms with Crippen molar-refractivity contribution in [3.8, 4) is 5.75 Å². The summed E-state index contributed by atoms with van der Waals surface area (Å²) >= 11 is 5.71. The van der Waals surface area contributed by atoms with Crippen molar-refractivity contribution in [2.24, 2.45) is 0 Å². The third kappa shape index (κ3) is 4.51. The molecule has 23 heavy (non-hydrogen) atoms. The maximum Gasteiger partial charge on any atom is 0.343 e. The fraction of sp³-hybridized carbons (Fsp3) is 0.188. The normalized spacial score (nSPS) is 10.3. The number of esters is 1. The number of carbonyl (C=O) groups is 1. The van der Waals surface area contributed by atoms with E-state index in [1.54, 1.807) is 19.2 Å². The van der Waals surface area contributed by atoms with E-state index in [2.05, 4.69) is 0 Å². The number of carbonyl (C=O) groups excluding carboxylic acids is 1. The van der Waals surface area contributed by atoms with E-state index in [0.717, 1.165) is 18.1 Å². The lowest BCUT2D eigenvalue weighted by Gasteiger charge is -2.06. The Labute approximate surface area is 137 Å². The van der Waals surface area contributed by atoms with Gasteiger partial charge in [0.05, 0.1) is 17.1 Å². The highest BCUT2D eigenvalue weighted by Gasteiger charge is 2.17. The van der Waals surface area contributed by atoms with Crippen LogP contribution in [0.15, 0.2) is 42.5 Å². The maximum atomic E-state index is 12.0. The minimum absolute atomic E-state index is 0.0333. The van der Waals surface area contributed by atoms with Gasteiger partial charge in [-0.05, 0) is 36.2 Å². The van der Waals surface area contributed by atoms with Crippen LogP contribution in [0.3, 0.4) is 0 Å². The van der Waals surface area contributed by atoms with Crippen molar-refractivity contribution in [3.63, 3.8) is 0 Å². The average Bonchev–Trinajstić information content (AvgIpc) is 2.54. The summed E-state index contributed by atoms with van der Waals surface area (Å²) in [7, 11) is 1.63. The van der Waals surface area contributed by atoms with Gasteiger partial charge in [0.1, 0.15) is 10.8 Å². The second-order valence-corrected chi connectivity index (χ2v) is 5.11. The van der Waals surface area contributed by atoms with Crippen molar-refractivity contribution in [1.29, 1.82) is 0 Å². The van der Waals surface area contributed by atoms with E-state index in [9.17, 15) is 14.9 Å². The lowest BCUT2D eigenvalue weighted by atomic mass is 10.1. The second kappa shape index (κ2) is 7.71. The molecule has 0 N–H and O–H groups in total. The smallest absolute Gasteiger partial charge is 0.343 e. The number of hydrogen-bond acceptors (Lipinski definition) is 5. The predicted octanol–water partition coefficient (Wildman–Crippen LogP) is 3.66. The summed E-state index contributed by atoms with van der Waals surface area (Å²) in [5.74, 6) is -0.330. The molecule has 0 atom stereocenters. The van der Waals surface area contributed by atoms with Crippen LogP contribution in [0.4, 0.5) is 5.69 Å². The molecule has 0 fully saturated rings. The highest BCUT2D eigenvalue weighted by Crippen LogP contribution is 2.25. The molecular formula is C16H14ClNO5. The van der Waals surface area contributed by atoms with Crippen LogP contribution in [0.1, 0.15) is 15.9 Å². The van der Waals surface area contributed by atoms with E-state index in [4.69, 9.17) is 21.1 Å². The van der Waals surface area contributed by atoms with Crippen LogP contribution in [0.5, 0.6) is 5.75 Å². The van der Waals surface area contributed by atoms with E-state index >= 15 is 0 Å². The number of benzene rings is 2. The molecule has 0 aliphatic carbocycles. The monoisotopic (exact) mass is 335 g/mol. The number of methoxy groups -OCH3 is 1. The van der Waals surface area contributed by atoms with Gasteiger partial charge < -0.3 is 9.47 Å². The van der Waals surface area contributed by atoms with Crippen LogP contribution < -0.4 is 4.74 Å². The maximum absolute atomic E-state index is 12.0. The van der Waals surface area contributed by atoms with Crippen LogP contribution in [-0.4, -0.2) is 24.6 Å². The van der Waals surface area contributed by atoms with Crippen LogP contribution in [0, 0.1) is 10.1 Å². The molecule has 0 aliphatic rings. The third-order valence-corrected chi connectivity index (χ3v) is 3.43. The highest BCUT2D eigenvalue weighted by molar-refractivity contribution is 6.32. The topological polar surface area (TPSA) is 78.7 Å². The molecule has 0 spiro atoms. The van der Waals surface area contributed by atoms with Gasteiger partial charge in [-0.15, -0.1) is 0 Å². The standard InChI is InChI=1S/C16H14ClNO5/c1-22-9-8-11-2-5-13(6-3-11)23-16(19)12-4-7-14(17)15(10-12)18(20)21/h2-7,10H,8-9H2,1H3. The molecule has 6 nitrogen and oxygen atoms in total. The molecule has 0 saturated heterocycles. The number of hydrogen-bond donors (Lipinski definition) is 0. The van der Waals surface area contributed by atoms with Gasteiger partial charge in [0.25, 0.3) is 5.69 Å². The number of rotatable bonds is 6. The van der Waals surface area contributed by atoms with E-state index in [0.29, 0.717) is 12.4 Å². The quantitative estimate of drug-likeness (QED) is 0.348. The molecule has 0 radical (unpaired) electrons. The summed E-state index contributed by atoms with van der Waals surface area (Å²) in [4.78, 5) is 22.2. The van der Waals surface area contributed by atoms with Crippen LogP contribution in [-0.2, 0) is 11.2 Å². The van der Waals surface area contributed by atoms with Gasteiger partial charge in [0.15, 0.2) is 0 Å². The average molecular weight is 336 g/mol. The van der Waals surface area contributed by atoms with E-state index in [-0.39, 0.29) is 16.3 Å². The molecule has 0 unspecified atom stereocenters. The molecular weight excluding hydrogens is 322 g/mol. The van der Waals surface area contributed by atoms with Crippen molar-refractivity contribution in [2.75, 3.05) is 13.7 Å². The Morgan fingerprint density at radius 3 is 2.52 bits per heavy atom. The summed E-state index contributed by atoms with van der Waals surface area (Å²) in [5.41, 5.74) is 0.773. The fourth-order valence-electron chi connectivity index (χ4n) is 1.89. The molecule has 2 aromatic carbocycles. The summed E-state index contributed by atoms with van der Waals surface area (Å²) in [6.45, 7) is 0.605. The number of ether oxygens (including phenoxy) is 2. The van der Waals surface area contributed by atoms with Gasteiger partial charge in [0.2, 0.25) is 0 Å². The number of halogens is 1. The van der Waals surface area contributed by atoms with Crippen molar-refractivity contribution < 1.29 is 19.2 Å². The predicted molar refractivity (Wildman–Crippen MR) is 85.1 cm³/mol. The van der Waals surface area contributed by atoms with Gasteiger partial charge in [-0.2, -0.15) is 0 Å². The lowest BCUT2D eigenvalue weighted by Crippen LogP contribution is -2.09. The van der Waals surface area contributed by atoms with Gasteiger partial charge in [-0.1, -0.05) is 23.7 Å². The Kier molecular flexibility index (Phi) is 5.67. The summed E-state index contributed by atoms with van der Waals surface area (Å²) < 4.78 is 10.2. The largest absolute Gasteiger partial charge is 0.423 e. The fourth-order valence-corrected chi connectivity index (χ4v) is 2.08. The molecule has 120 valence electrons. The Morgan fingerprint density at radius 1 is 1.22 bits per heavy atom. The second-order valence-electron chi connectivity index (χ2n) is 4.70. The first-order chi connectivity index (χ1) is 11.0.